The molecule has 106 valence electrons. The van der Waals surface area contributed by atoms with Gasteiger partial charge in [0.2, 0.25) is 0 Å². The summed E-state index contributed by atoms with van der Waals surface area (Å²) in [4.78, 5) is 13.1. The zero-order chi connectivity index (χ0) is 15.4. The number of nitrogens with one attached hydrogen (secondary N) is 1. The molecule has 1 aromatic heterocycles. The summed E-state index contributed by atoms with van der Waals surface area (Å²) in [6, 6.07) is 9.61. The lowest BCUT2D eigenvalue weighted by Crippen LogP contribution is -2.15. The van der Waals surface area contributed by atoms with E-state index in [2.05, 4.69) is 21.2 Å². The summed E-state index contributed by atoms with van der Waals surface area (Å²) < 4.78 is 0.936. The lowest BCUT2D eigenvalue weighted by Gasteiger charge is -2.10. The first-order valence-corrected chi connectivity index (χ1v) is 7.92. The number of carbonyl (C=O) groups is 1. The summed E-state index contributed by atoms with van der Waals surface area (Å²) in [5.74, 6) is -0.389. The van der Waals surface area contributed by atoms with Crippen LogP contribution in [-0.2, 0) is 4.79 Å². The van der Waals surface area contributed by atoms with Crippen LogP contribution in [0.25, 0.3) is 6.08 Å². The van der Waals surface area contributed by atoms with Gasteiger partial charge in [0.15, 0.2) is 0 Å². The predicted octanol–water partition coefficient (Wildman–Crippen LogP) is 4.67. The van der Waals surface area contributed by atoms with E-state index >= 15 is 0 Å². The van der Waals surface area contributed by atoms with Gasteiger partial charge in [-0.2, -0.15) is 5.26 Å². The number of hydrogen-bond donors (Lipinski definition) is 1. The Kier molecular flexibility index (Phi) is 4.94. The van der Waals surface area contributed by atoms with Gasteiger partial charge in [0.1, 0.15) is 11.6 Å². The van der Waals surface area contributed by atoms with Gasteiger partial charge < -0.3 is 5.32 Å². The fourth-order valence-corrected chi connectivity index (χ4v) is 3.26. The number of benzene rings is 1. The van der Waals surface area contributed by atoms with E-state index in [1.165, 1.54) is 11.3 Å². The van der Waals surface area contributed by atoms with Crippen molar-refractivity contribution in [1.82, 2.24) is 0 Å². The van der Waals surface area contributed by atoms with E-state index in [0.29, 0.717) is 0 Å². The Balaban J connectivity index is 2.26. The topological polar surface area (TPSA) is 52.9 Å². The number of hydrogen-bond acceptors (Lipinski definition) is 3. The molecule has 0 unspecified atom stereocenters. The Morgan fingerprint density at radius 1 is 1.38 bits per heavy atom. The minimum absolute atomic E-state index is 0.0898. The molecule has 0 saturated heterocycles. The first-order chi connectivity index (χ1) is 10.0. The lowest BCUT2D eigenvalue weighted by atomic mass is 10.1. The third-order valence-electron chi connectivity index (χ3n) is 2.96. The molecule has 0 aliphatic heterocycles. The Hall–Kier alpha value is -1.90. The fraction of sp³-hybridized carbons (Fsp3) is 0.125. The third-order valence-corrected chi connectivity index (χ3v) is 4.60. The van der Waals surface area contributed by atoms with Crippen LogP contribution in [0.2, 0.25) is 0 Å². The van der Waals surface area contributed by atoms with Crippen molar-refractivity contribution in [3.63, 3.8) is 0 Å². The maximum atomic E-state index is 12.3. The maximum absolute atomic E-state index is 12.3. The van der Waals surface area contributed by atoms with Crippen molar-refractivity contribution in [2.45, 2.75) is 13.8 Å². The number of amides is 1. The molecule has 2 rings (SSSR count). The van der Waals surface area contributed by atoms with Gasteiger partial charge in [0.25, 0.3) is 5.91 Å². The number of nitriles is 1. The molecule has 1 amide bonds. The molecule has 0 saturated carbocycles. The number of carbonyl (C=O) groups excluding carboxylic acids is 1. The number of nitrogens with zero attached hydrogens (tertiary/aromatic N) is 1. The molecule has 1 aromatic carbocycles. The molecule has 0 bridgehead atoms. The van der Waals surface area contributed by atoms with Crippen molar-refractivity contribution in [3.05, 3.63) is 55.7 Å². The highest BCUT2D eigenvalue weighted by Crippen LogP contribution is 2.23. The molecule has 0 atom stereocenters. The average molecular weight is 361 g/mol. The van der Waals surface area contributed by atoms with Crippen LogP contribution >= 0.6 is 27.3 Å². The van der Waals surface area contributed by atoms with Crippen molar-refractivity contribution < 1.29 is 4.79 Å². The minimum atomic E-state index is -0.389. The van der Waals surface area contributed by atoms with Crippen LogP contribution in [0.15, 0.2) is 39.7 Å². The van der Waals surface area contributed by atoms with E-state index in [9.17, 15) is 10.1 Å². The molecular formula is C16H13BrN2OS. The second kappa shape index (κ2) is 6.70. The Bertz CT molecular complexity index is 736. The monoisotopic (exact) mass is 360 g/mol. The second-order valence-corrected chi connectivity index (χ2v) is 6.42. The molecule has 0 fully saturated rings. The van der Waals surface area contributed by atoms with Crippen LogP contribution in [0.3, 0.4) is 0 Å². The van der Waals surface area contributed by atoms with Gasteiger partial charge in [0, 0.05) is 20.4 Å². The first-order valence-electron chi connectivity index (χ1n) is 6.24. The van der Waals surface area contributed by atoms with Gasteiger partial charge in [-0.3, -0.25) is 4.79 Å². The standard InChI is InChI=1S/C16H13BrN2OS/c1-10-4-3-5-11(2)15(10)19-16(20)12(8-18)6-14-7-13(17)9-21-14/h3-7,9H,1-2H3,(H,19,20)/b12-6+. The van der Waals surface area contributed by atoms with Gasteiger partial charge in [0.05, 0.1) is 0 Å². The predicted molar refractivity (Wildman–Crippen MR) is 90.2 cm³/mol. The van der Waals surface area contributed by atoms with Crippen LogP contribution in [0.1, 0.15) is 16.0 Å². The summed E-state index contributed by atoms with van der Waals surface area (Å²) in [5, 5.41) is 13.9. The van der Waals surface area contributed by atoms with Crippen LogP contribution in [0, 0.1) is 25.2 Å². The van der Waals surface area contributed by atoms with Crippen molar-refractivity contribution in [3.8, 4) is 6.07 Å². The van der Waals surface area contributed by atoms with E-state index < -0.39 is 0 Å². The molecular weight excluding hydrogens is 348 g/mol. The molecule has 21 heavy (non-hydrogen) atoms. The molecule has 2 aromatic rings. The molecule has 0 spiro atoms. The molecule has 0 radical (unpaired) electrons. The number of aryl methyl sites for hydroxylation is 2. The van der Waals surface area contributed by atoms with Crippen LogP contribution in [-0.4, -0.2) is 5.91 Å². The lowest BCUT2D eigenvalue weighted by molar-refractivity contribution is -0.112. The second-order valence-electron chi connectivity index (χ2n) is 4.56. The minimum Gasteiger partial charge on any atom is -0.321 e. The molecule has 0 aliphatic carbocycles. The van der Waals surface area contributed by atoms with Crippen molar-refractivity contribution in [1.29, 1.82) is 5.26 Å². The Morgan fingerprint density at radius 3 is 2.57 bits per heavy atom. The highest BCUT2D eigenvalue weighted by molar-refractivity contribution is 9.10. The molecule has 0 aliphatic rings. The maximum Gasteiger partial charge on any atom is 0.266 e. The SMILES string of the molecule is Cc1cccc(C)c1NC(=O)/C(C#N)=C/c1cc(Br)cs1. The Morgan fingerprint density at radius 2 is 2.05 bits per heavy atom. The Labute approximate surface area is 136 Å². The van der Waals surface area contributed by atoms with E-state index in [1.54, 1.807) is 6.08 Å². The number of rotatable bonds is 3. The van der Waals surface area contributed by atoms with Crippen LogP contribution in [0.4, 0.5) is 5.69 Å². The molecule has 5 heteroatoms. The molecule has 3 nitrogen and oxygen atoms in total. The highest BCUT2D eigenvalue weighted by atomic mass is 79.9. The number of para-hydroxylation sites is 1. The summed E-state index contributed by atoms with van der Waals surface area (Å²) in [6.07, 6.45) is 1.60. The van der Waals surface area contributed by atoms with Crippen molar-refractivity contribution in [2.75, 3.05) is 5.32 Å². The third kappa shape index (κ3) is 3.81. The fourth-order valence-electron chi connectivity index (χ4n) is 1.89. The zero-order valence-corrected chi connectivity index (χ0v) is 14.0. The quantitative estimate of drug-likeness (QED) is 0.638. The van der Waals surface area contributed by atoms with Gasteiger partial charge in [-0.1, -0.05) is 18.2 Å². The first kappa shape index (κ1) is 15.5. The largest absolute Gasteiger partial charge is 0.321 e. The normalized spacial score (nSPS) is 11.0. The van der Waals surface area contributed by atoms with Gasteiger partial charge >= 0.3 is 0 Å². The van der Waals surface area contributed by atoms with Crippen molar-refractivity contribution >= 4 is 44.9 Å². The van der Waals surface area contributed by atoms with Gasteiger partial charge in [-0.05, 0) is 53.0 Å². The van der Waals surface area contributed by atoms with E-state index in [4.69, 9.17) is 0 Å². The highest BCUT2D eigenvalue weighted by Gasteiger charge is 2.12. The number of thiophene rings is 1. The van der Waals surface area contributed by atoms with E-state index in [0.717, 1.165) is 26.2 Å². The summed E-state index contributed by atoms with van der Waals surface area (Å²) in [6.45, 7) is 3.85. The summed E-state index contributed by atoms with van der Waals surface area (Å²) in [7, 11) is 0. The van der Waals surface area contributed by atoms with Crippen LogP contribution < -0.4 is 5.32 Å². The molecule has 1 heterocycles. The average Bonchev–Trinajstić information content (AvgIpc) is 2.85. The van der Waals surface area contributed by atoms with E-state index in [1.807, 2.05) is 49.6 Å². The summed E-state index contributed by atoms with van der Waals surface area (Å²) >= 11 is 4.82. The zero-order valence-electron chi connectivity index (χ0n) is 11.6. The number of anilines is 1. The van der Waals surface area contributed by atoms with Crippen LogP contribution in [0.5, 0.6) is 0 Å². The van der Waals surface area contributed by atoms with Crippen molar-refractivity contribution in [2.24, 2.45) is 0 Å². The summed E-state index contributed by atoms with van der Waals surface area (Å²) in [5.41, 5.74) is 2.79. The van der Waals surface area contributed by atoms with Gasteiger partial charge in [-0.25, -0.2) is 0 Å². The van der Waals surface area contributed by atoms with Gasteiger partial charge in [-0.15, -0.1) is 11.3 Å². The smallest absolute Gasteiger partial charge is 0.266 e. The van der Waals surface area contributed by atoms with E-state index in [-0.39, 0.29) is 11.5 Å². The molecule has 1 N–H and O–H groups in total. The number of halogens is 1.